The Bertz CT molecular complexity index is 1670. The molecule has 4 nitrogen and oxygen atoms in total. The standard InChI is InChI=1S/C33H26ClFN4/c34-28-18-30-31(19-29(28)35)38-33(37-30)32(26-13-15-39(16-14-26)21-22-5-2-1-3-6-22)25-11-9-24(10-12-25)27-8-4-7-23(17-27)20-36/h1-12,17-19H,13-16,21H2,(H,37,38). The number of nitriles is 1. The predicted molar refractivity (Wildman–Crippen MR) is 155 cm³/mol. The summed E-state index contributed by atoms with van der Waals surface area (Å²) < 4.78 is 14.2. The summed E-state index contributed by atoms with van der Waals surface area (Å²) in [7, 11) is 0. The molecule has 0 aliphatic carbocycles. The average molecular weight is 533 g/mol. The third kappa shape index (κ3) is 5.35. The van der Waals surface area contributed by atoms with Crippen molar-refractivity contribution in [1.82, 2.24) is 14.9 Å². The summed E-state index contributed by atoms with van der Waals surface area (Å²) in [5.41, 5.74) is 8.68. The van der Waals surface area contributed by atoms with Crippen LogP contribution >= 0.6 is 11.6 Å². The van der Waals surface area contributed by atoms with E-state index in [1.807, 2.05) is 24.3 Å². The minimum absolute atomic E-state index is 0.0629. The molecule has 1 aromatic heterocycles. The maximum absolute atomic E-state index is 14.2. The summed E-state index contributed by atoms with van der Waals surface area (Å²) in [6.07, 6.45) is 1.83. The van der Waals surface area contributed by atoms with Gasteiger partial charge in [0.25, 0.3) is 0 Å². The second-order valence-corrected chi connectivity index (χ2v) is 10.3. The van der Waals surface area contributed by atoms with Crippen LogP contribution in [0.5, 0.6) is 0 Å². The van der Waals surface area contributed by atoms with Gasteiger partial charge in [-0.1, -0.05) is 83.9 Å². The van der Waals surface area contributed by atoms with Crippen molar-refractivity contribution in [3.63, 3.8) is 0 Å². The van der Waals surface area contributed by atoms with Crippen LogP contribution in [0.2, 0.25) is 5.02 Å². The number of benzene rings is 4. The highest BCUT2D eigenvalue weighted by Crippen LogP contribution is 2.34. The van der Waals surface area contributed by atoms with Crippen molar-refractivity contribution in [3.05, 3.63) is 130 Å². The molecule has 1 N–H and O–H groups in total. The van der Waals surface area contributed by atoms with Crippen molar-refractivity contribution >= 4 is 28.2 Å². The van der Waals surface area contributed by atoms with Gasteiger partial charge in [-0.15, -0.1) is 0 Å². The first kappa shape index (κ1) is 25.1. The highest BCUT2D eigenvalue weighted by Gasteiger charge is 2.22. The Morgan fingerprint density at radius 1 is 0.923 bits per heavy atom. The molecule has 0 radical (unpaired) electrons. The van der Waals surface area contributed by atoms with Crippen LogP contribution in [-0.4, -0.2) is 28.0 Å². The van der Waals surface area contributed by atoms with Crippen LogP contribution in [0.25, 0.3) is 27.7 Å². The van der Waals surface area contributed by atoms with Gasteiger partial charge in [-0.2, -0.15) is 5.26 Å². The molecule has 6 rings (SSSR count). The second-order valence-electron chi connectivity index (χ2n) is 9.88. The fraction of sp³-hybridized carbons (Fsp3) is 0.152. The van der Waals surface area contributed by atoms with Gasteiger partial charge in [0.2, 0.25) is 0 Å². The van der Waals surface area contributed by atoms with Gasteiger partial charge in [-0.05, 0) is 53.3 Å². The Labute approximate surface area is 232 Å². The lowest BCUT2D eigenvalue weighted by Crippen LogP contribution is -2.30. The number of aromatic amines is 1. The zero-order valence-corrected chi connectivity index (χ0v) is 22.0. The van der Waals surface area contributed by atoms with Crippen LogP contribution in [0.15, 0.2) is 96.6 Å². The number of hydrogen-bond donors (Lipinski definition) is 1. The molecule has 192 valence electrons. The van der Waals surface area contributed by atoms with Gasteiger partial charge < -0.3 is 4.98 Å². The quantitative estimate of drug-likeness (QED) is 0.249. The molecule has 0 amide bonds. The van der Waals surface area contributed by atoms with E-state index in [-0.39, 0.29) is 5.02 Å². The summed E-state index contributed by atoms with van der Waals surface area (Å²) in [5.74, 6) is 0.254. The Hall–Kier alpha value is -4.24. The molecule has 1 aliphatic rings. The minimum atomic E-state index is -0.466. The molecule has 0 saturated carbocycles. The third-order valence-electron chi connectivity index (χ3n) is 7.32. The maximum atomic E-state index is 14.2. The molecule has 0 unspecified atom stereocenters. The first-order chi connectivity index (χ1) is 19.1. The summed E-state index contributed by atoms with van der Waals surface area (Å²) in [5, 5.41) is 9.35. The number of rotatable bonds is 5. The number of hydrogen-bond acceptors (Lipinski definition) is 3. The van der Waals surface area contributed by atoms with E-state index >= 15 is 0 Å². The molecule has 1 fully saturated rings. The van der Waals surface area contributed by atoms with E-state index in [0.717, 1.165) is 60.6 Å². The number of aromatic nitrogens is 2. The molecule has 4 aromatic carbocycles. The van der Waals surface area contributed by atoms with Gasteiger partial charge in [-0.25, -0.2) is 9.37 Å². The number of likely N-dealkylation sites (tertiary alicyclic amines) is 1. The van der Waals surface area contributed by atoms with E-state index in [1.165, 1.54) is 17.2 Å². The maximum Gasteiger partial charge on any atom is 0.144 e. The zero-order chi connectivity index (χ0) is 26.8. The lowest BCUT2D eigenvalue weighted by molar-refractivity contribution is 0.248. The van der Waals surface area contributed by atoms with Crippen LogP contribution in [-0.2, 0) is 6.54 Å². The lowest BCUT2D eigenvalue weighted by atomic mass is 9.91. The van der Waals surface area contributed by atoms with E-state index in [0.29, 0.717) is 16.6 Å². The first-order valence-electron chi connectivity index (χ1n) is 13.0. The number of nitrogens with zero attached hydrogens (tertiary/aromatic N) is 3. The fourth-order valence-corrected chi connectivity index (χ4v) is 5.46. The first-order valence-corrected chi connectivity index (χ1v) is 13.4. The van der Waals surface area contributed by atoms with Gasteiger partial charge in [-0.3, -0.25) is 4.90 Å². The normalized spacial score (nSPS) is 13.9. The summed E-state index contributed by atoms with van der Waals surface area (Å²) in [6.45, 7) is 2.84. The van der Waals surface area contributed by atoms with Gasteiger partial charge in [0.15, 0.2) is 0 Å². The van der Waals surface area contributed by atoms with Crippen molar-refractivity contribution in [3.8, 4) is 17.2 Å². The molecule has 1 saturated heterocycles. The summed E-state index contributed by atoms with van der Waals surface area (Å²) in [6, 6.07) is 31.7. The monoisotopic (exact) mass is 532 g/mol. The van der Waals surface area contributed by atoms with Crippen molar-refractivity contribution in [2.24, 2.45) is 0 Å². The molecular formula is C33H26ClFN4. The molecule has 0 spiro atoms. The van der Waals surface area contributed by atoms with Gasteiger partial charge in [0.1, 0.15) is 11.6 Å². The molecule has 6 heteroatoms. The molecule has 5 aromatic rings. The highest BCUT2D eigenvalue weighted by molar-refractivity contribution is 6.31. The highest BCUT2D eigenvalue weighted by atomic mass is 35.5. The number of fused-ring (bicyclic) bond motifs is 1. The topological polar surface area (TPSA) is 55.7 Å². The number of halogens is 2. The molecule has 0 bridgehead atoms. The van der Waals surface area contributed by atoms with Gasteiger partial charge in [0.05, 0.1) is 27.7 Å². The zero-order valence-electron chi connectivity index (χ0n) is 21.3. The molecule has 2 heterocycles. The predicted octanol–water partition coefficient (Wildman–Crippen LogP) is 7.99. The van der Waals surface area contributed by atoms with E-state index < -0.39 is 5.82 Å². The Morgan fingerprint density at radius 2 is 1.69 bits per heavy atom. The largest absolute Gasteiger partial charge is 0.338 e. The SMILES string of the molecule is N#Cc1cccc(-c2ccc(C(=C3CCN(Cc4ccccc4)CC3)c3nc4cc(Cl)c(F)cc4[nH]3)cc2)c1. The van der Waals surface area contributed by atoms with Crippen LogP contribution in [0.4, 0.5) is 4.39 Å². The molecular weight excluding hydrogens is 507 g/mol. The van der Waals surface area contributed by atoms with Crippen molar-refractivity contribution in [2.45, 2.75) is 19.4 Å². The molecule has 39 heavy (non-hydrogen) atoms. The van der Waals surface area contributed by atoms with E-state index in [9.17, 15) is 9.65 Å². The Morgan fingerprint density at radius 3 is 2.44 bits per heavy atom. The molecule has 1 aliphatic heterocycles. The third-order valence-corrected chi connectivity index (χ3v) is 7.61. The lowest BCUT2D eigenvalue weighted by Gasteiger charge is -2.30. The summed E-state index contributed by atoms with van der Waals surface area (Å²) in [4.78, 5) is 10.7. The minimum Gasteiger partial charge on any atom is -0.338 e. The van der Waals surface area contributed by atoms with Crippen molar-refractivity contribution in [2.75, 3.05) is 13.1 Å². The fourth-order valence-electron chi connectivity index (χ4n) is 5.30. The van der Waals surface area contributed by atoms with Crippen LogP contribution in [0.3, 0.4) is 0 Å². The van der Waals surface area contributed by atoms with Gasteiger partial charge in [0, 0.05) is 31.3 Å². The van der Waals surface area contributed by atoms with E-state index in [2.05, 4.69) is 64.5 Å². The molecule has 0 atom stereocenters. The summed E-state index contributed by atoms with van der Waals surface area (Å²) >= 11 is 6.06. The van der Waals surface area contributed by atoms with Gasteiger partial charge >= 0.3 is 0 Å². The van der Waals surface area contributed by atoms with Crippen molar-refractivity contribution in [1.29, 1.82) is 5.26 Å². The number of imidazole rings is 1. The average Bonchev–Trinajstić information content (AvgIpc) is 3.37. The Kier molecular flexibility index (Phi) is 6.98. The number of H-pyrrole nitrogens is 1. The van der Waals surface area contributed by atoms with Crippen LogP contribution in [0, 0.1) is 17.1 Å². The van der Waals surface area contributed by atoms with Crippen LogP contribution in [0.1, 0.15) is 35.4 Å². The number of piperidine rings is 1. The van der Waals surface area contributed by atoms with Crippen molar-refractivity contribution < 1.29 is 4.39 Å². The second kappa shape index (κ2) is 10.9. The van der Waals surface area contributed by atoms with Crippen LogP contribution < -0.4 is 0 Å². The van der Waals surface area contributed by atoms with E-state index in [1.54, 1.807) is 12.1 Å². The smallest absolute Gasteiger partial charge is 0.144 e. The van der Waals surface area contributed by atoms with E-state index in [4.69, 9.17) is 16.6 Å². The Balaban J connectivity index is 1.36. The number of nitrogens with one attached hydrogen (secondary N) is 1.